The second-order valence-corrected chi connectivity index (χ2v) is 3.44. The van der Waals surface area contributed by atoms with E-state index in [1.54, 1.807) is 31.2 Å². The topological polar surface area (TPSA) is 58.6 Å². The summed E-state index contributed by atoms with van der Waals surface area (Å²) in [6, 6.07) is 6.95. The fourth-order valence-electron chi connectivity index (χ4n) is 1.39. The second-order valence-electron chi connectivity index (χ2n) is 3.44. The molecule has 1 aliphatic heterocycles. The van der Waals surface area contributed by atoms with Crippen LogP contribution >= 0.6 is 0 Å². The summed E-state index contributed by atoms with van der Waals surface area (Å²) in [5.41, 5.74) is -0.510. The number of ether oxygens (including phenoxy) is 1. The molecule has 4 nitrogen and oxygen atoms in total. The number of amides is 1. The first-order valence-electron chi connectivity index (χ1n) is 4.36. The molecular formula is C10H11NO3. The molecule has 1 aromatic carbocycles. The minimum absolute atomic E-state index is 0.219. The first kappa shape index (κ1) is 9.02. The van der Waals surface area contributed by atoms with Crippen molar-refractivity contribution in [2.45, 2.75) is 12.6 Å². The summed E-state index contributed by atoms with van der Waals surface area (Å²) in [7, 11) is 0. The van der Waals surface area contributed by atoms with Crippen molar-refractivity contribution in [2.75, 3.05) is 6.61 Å². The van der Waals surface area contributed by atoms with Crippen LogP contribution in [0.1, 0.15) is 17.3 Å². The fourth-order valence-corrected chi connectivity index (χ4v) is 1.39. The van der Waals surface area contributed by atoms with Gasteiger partial charge in [0.25, 0.3) is 5.91 Å². The highest BCUT2D eigenvalue weighted by Gasteiger charge is 2.34. The van der Waals surface area contributed by atoms with Gasteiger partial charge in [0.15, 0.2) is 0 Å². The molecule has 0 fully saturated rings. The van der Waals surface area contributed by atoms with E-state index in [9.17, 15) is 4.79 Å². The first-order valence-corrected chi connectivity index (χ1v) is 4.36. The Morgan fingerprint density at radius 2 is 2.21 bits per heavy atom. The third kappa shape index (κ3) is 1.33. The molecule has 0 bridgehead atoms. The van der Waals surface area contributed by atoms with Gasteiger partial charge in [-0.25, -0.2) is 0 Å². The minimum atomic E-state index is -1.01. The van der Waals surface area contributed by atoms with Gasteiger partial charge in [-0.1, -0.05) is 12.1 Å². The molecule has 1 atom stereocenters. The summed E-state index contributed by atoms with van der Waals surface area (Å²) in [5, 5.41) is 11.6. The smallest absolute Gasteiger partial charge is 0.258 e. The normalized spacial score (nSPS) is 24.9. The van der Waals surface area contributed by atoms with E-state index in [4.69, 9.17) is 9.84 Å². The van der Waals surface area contributed by atoms with E-state index in [1.165, 1.54) is 0 Å². The van der Waals surface area contributed by atoms with Crippen molar-refractivity contribution in [1.82, 2.24) is 5.32 Å². The number of fused-ring (bicyclic) bond motifs is 1. The van der Waals surface area contributed by atoms with Crippen LogP contribution in [0.4, 0.5) is 0 Å². The first-order chi connectivity index (χ1) is 6.64. The highest BCUT2D eigenvalue weighted by Crippen LogP contribution is 2.26. The largest absolute Gasteiger partial charge is 0.465 e. The molecule has 1 aliphatic rings. The van der Waals surface area contributed by atoms with Gasteiger partial charge in [0.2, 0.25) is 5.72 Å². The van der Waals surface area contributed by atoms with Crippen LogP contribution in [0.3, 0.4) is 0 Å². The van der Waals surface area contributed by atoms with E-state index >= 15 is 0 Å². The molecule has 1 unspecified atom stereocenters. The SMILES string of the molecule is CC1(CO)NC(=O)c2ccccc2O1. The van der Waals surface area contributed by atoms with Crippen molar-refractivity contribution in [3.8, 4) is 5.75 Å². The molecule has 2 rings (SSSR count). The van der Waals surface area contributed by atoms with Gasteiger partial charge in [0.1, 0.15) is 12.4 Å². The van der Waals surface area contributed by atoms with Gasteiger partial charge in [0.05, 0.1) is 5.56 Å². The van der Waals surface area contributed by atoms with Crippen molar-refractivity contribution >= 4 is 5.91 Å². The summed E-state index contributed by atoms with van der Waals surface area (Å²) in [6.07, 6.45) is 0. The Balaban J connectivity index is 2.43. The van der Waals surface area contributed by atoms with Crippen LogP contribution in [0.2, 0.25) is 0 Å². The van der Waals surface area contributed by atoms with Gasteiger partial charge in [-0.3, -0.25) is 4.79 Å². The Kier molecular flexibility index (Phi) is 1.93. The zero-order chi connectivity index (χ0) is 10.2. The van der Waals surface area contributed by atoms with Crippen molar-refractivity contribution in [3.63, 3.8) is 0 Å². The van der Waals surface area contributed by atoms with E-state index in [0.29, 0.717) is 11.3 Å². The van der Waals surface area contributed by atoms with E-state index in [-0.39, 0.29) is 12.5 Å². The van der Waals surface area contributed by atoms with Crippen molar-refractivity contribution in [2.24, 2.45) is 0 Å². The van der Waals surface area contributed by atoms with Crippen molar-refractivity contribution in [1.29, 1.82) is 0 Å². The number of rotatable bonds is 1. The number of hydrogen-bond donors (Lipinski definition) is 2. The Labute approximate surface area is 81.5 Å². The van der Waals surface area contributed by atoms with Gasteiger partial charge in [0, 0.05) is 0 Å². The molecule has 1 aromatic rings. The maximum Gasteiger partial charge on any atom is 0.258 e. The lowest BCUT2D eigenvalue weighted by Gasteiger charge is -2.34. The van der Waals surface area contributed by atoms with Crippen LogP contribution in [0.25, 0.3) is 0 Å². The Bertz CT molecular complexity index is 377. The van der Waals surface area contributed by atoms with Crippen LogP contribution in [0, 0.1) is 0 Å². The molecule has 4 heteroatoms. The summed E-state index contributed by atoms with van der Waals surface area (Å²) in [4.78, 5) is 11.6. The van der Waals surface area contributed by atoms with Gasteiger partial charge < -0.3 is 15.2 Å². The number of hydrogen-bond acceptors (Lipinski definition) is 3. The summed E-state index contributed by atoms with van der Waals surface area (Å²) < 4.78 is 5.46. The average molecular weight is 193 g/mol. The molecule has 0 aliphatic carbocycles. The second kappa shape index (κ2) is 2.99. The predicted molar refractivity (Wildman–Crippen MR) is 50.0 cm³/mol. The van der Waals surface area contributed by atoms with Crippen molar-refractivity contribution < 1.29 is 14.6 Å². The molecule has 14 heavy (non-hydrogen) atoms. The minimum Gasteiger partial charge on any atom is -0.465 e. The summed E-state index contributed by atoms with van der Waals surface area (Å²) in [6.45, 7) is 1.37. The van der Waals surface area contributed by atoms with Gasteiger partial charge >= 0.3 is 0 Å². The van der Waals surface area contributed by atoms with Gasteiger partial charge in [-0.15, -0.1) is 0 Å². The molecular weight excluding hydrogens is 182 g/mol. The quantitative estimate of drug-likeness (QED) is 0.683. The maximum atomic E-state index is 11.6. The predicted octanol–water partition coefficient (Wildman–Crippen LogP) is 0.517. The number of aliphatic hydroxyl groups is 1. The molecule has 0 spiro atoms. The number of para-hydroxylation sites is 1. The number of aliphatic hydroxyl groups excluding tert-OH is 1. The van der Waals surface area contributed by atoms with Crippen LogP contribution < -0.4 is 10.1 Å². The van der Waals surface area contributed by atoms with Crippen molar-refractivity contribution in [3.05, 3.63) is 29.8 Å². The lowest BCUT2D eigenvalue weighted by molar-refractivity contribution is -0.00940. The summed E-state index contributed by atoms with van der Waals surface area (Å²) in [5.74, 6) is 0.288. The molecule has 2 N–H and O–H groups in total. The van der Waals surface area contributed by atoms with Crippen LogP contribution in [-0.4, -0.2) is 23.3 Å². The van der Waals surface area contributed by atoms with E-state index < -0.39 is 5.72 Å². The fraction of sp³-hybridized carbons (Fsp3) is 0.300. The zero-order valence-corrected chi connectivity index (χ0v) is 7.78. The molecule has 1 heterocycles. The molecule has 1 amide bonds. The lowest BCUT2D eigenvalue weighted by Crippen LogP contribution is -2.56. The Hall–Kier alpha value is -1.55. The van der Waals surface area contributed by atoms with Crippen LogP contribution in [0.15, 0.2) is 24.3 Å². The lowest BCUT2D eigenvalue weighted by atomic mass is 10.1. The third-order valence-corrected chi connectivity index (χ3v) is 2.15. The van der Waals surface area contributed by atoms with E-state index in [0.717, 1.165) is 0 Å². The molecule has 0 aromatic heterocycles. The highest BCUT2D eigenvalue weighted by molar-refractivity contribution is 5.98. The van der Waals surface area contributed by atoms with Gasteiger partial charge in [-0.05, 0) is 19.1 Å². The number of carbonyl (C=O) groups is 1. The number of nitrogens with one attached hydrogen (secondary N) is 1. The third-order valence-electron chi connectivity index (χ3n) is 2.15. The molecule has 74 valence electrons. The summed E-state index contributed by atoms with van der Waals surface area (Å²) >= 11 is 0. The maximum absolute atomic E-state index is 11.6. The van der Waals surface area contributed by atoms with Crippen LogP contribution in [-0.2, 0) is 0 Å². The molecule has 0 saturated heterocycles. The number of benzene rings is 1. The zero-order valence-electron chi connectivity index (χ0n) is 7.78. The highest BCUT2D eigenvalue weighted by atomic mass is 16.5. The monoisotopic (exact) mass is 193 g/mol. The Morgan fingerprint density at radius 1 is 1.50 bits per heavy atom. The molecule has 0 saturated carbocycles. The average Bonchev–Trinajstić information content (AvgIpc) is 2.18. The van der Waals surface area contributed by atoms with E-state index in [2.05, 4.69) is 5.32 Å². The van der Waals surface area contributed by atoms with E-state index in [1.807, 2.05) is 0 Å². The molecule has 0 radical (unpaired) electrons. The van der Waals surface area contributed by atoms with Crippen LogP contribution in [0.5, 0.6) is 5.75 Å². The standard InChI is InChI=1S/C10H11NO3/c1-10(6-12)11-9(13)7-4-2-3-5-8(7)14-10/h2-5,12H,6H2,1H3,(H,11,13). The Morgan fingerprint density at radius 3 is 2.93 bits per heavy atom. The van der Waals surface area contributed by atoms with Gasteiger partial charge in [-0.2, -0.15) is 0 Å². The number of carbonyl (C=O) groups excluding carboxylic acids is 1.